The molecule has 1 aromatic carbocycles. The molecular formula is C14H19NO5S. The first-order valence-electron chi connectivity index (χ1n) is 6.64. The largest absolute Gasteiger partial charge is 0.478 e. The molecule has 0 saturated heterocycles. The molecule has 1 aliphatic carbocycles. The van der Waals surface area contributed by atoms with Crippen LogP contribution in [0.5, 0.6) is 0 Å². The molecule has 0 aromatic heterocycles. The molecule has 6 nitrogen and oxygen atoms in total. The fourth-order valence-corrected chi connectivity index (χ4v) is 3.97. The van der Waals surface area contributed by atoms with Crippen LogP contribution in [0.4, 0.5) is 0 Å². The van der Waals surface area contributed by atoms with Crippen LogP contribution in [0.15, 0.2) is 17.0 Å². The third kappa shape index (κ3) is 3.25. The Hall–Kier alpha value is -1.44. The Kier molecular flexibility index (Phi) is 4.36. The predicted molar refractivity (Wildman–Crippen MR) is 77.0 cm³/mol. The molecule has 0 spiro atoms. The van der Waals surface area contributed by atoms with Crippen LogP contribution in [0.3, 0.4) is 0 Å². The Bertz CT molecular complexity index is 662. The summed E-state index contributed by atoms with van der Waals surface area (Å²) in [4.78, 5) is 11.1. The Balaban J connectivity index is 2.29. The van der Waals surface area contributed by atoms with Gasteiger partial charge in [-0.25, -0.2) is 17.9 Å². The number of aromatic carboxylic acids is 1. The zero-order valence-corrected chi connectivity index (χ0v) is 13.0. The average molecular weight is 313 g/mol. The van der Waals surface area contributed by atoms with Crippen LogP contribution < -0.4 is 4.72 Å². The number of carbonyl (C=O) groups is 1. The van der Waals surface area contributed by atoms with E-state index in [9.17, 15) is 13.2 Å². The van der Waals surface area contributed by atoms with E-state index in [-0.39, 0.29) is 22.6 Å². The van der Waals surface area contributed by atoms with Crippen LogP contribution in [0.25, 0.3) is 0 Å². The number of nitrogens with one attached hydrogen (secondary N) is 1. The van der Waals surface area contributed by atoms with Crippen molar-refractivity contribution >= 4 is 16.0 Å². The van der Waals surface area contributed by atoms with Crippen LogP contribution in [0.1, 0.15) is 34.3 Å². The second kappa shape index (κ2) is 5.75. The molecule has 116 valence electrons. The highest BCUT2D eigenvalue weighted by atomic mass is 32.2. The number of ether oxygens (including phenoxy) is 1. The molecule has 0 bridgehead atoms. The van der Waals surface area contributed by atoms with Gasteiger partial charge in [0.15, 0.2) is 0 Å². The van der Waals surface area contributed by atoms with E-state index >= 15 is 0 Å². The number of hydrogen-bond donors (Lipinski definition) is 2. The van der Waals surface area contributed by atoms with E-state index in [1.807, 2.05) is 0 Å². The lowest BCUT2D eigenvalue weighted by molar-refractivity contribution is 0.0236. The van der Waals surface area contributed by atoms with E-state index in [1.165, 1.54) is 12.1 Å². The number of hydrogen-bond acceptors (Lipinski definition) is 4. The van der Waals surface area contributed by atoms with Gasteiger partial charge in [-0.15, -0.1) is 0 Å². The van der Waals surface area contributed by atoms with Gasteiger partial charge in [0.25, 0.3) is 0 Å². The number of rotatable bonds is 5. The topological polar surface area (TPSA) is 92.7 Å². The lowest BCUT2D eigenvalue weighted by Gasteiger charge is -2.34. The lowest BCUT2D eigenvalue weighted by Crippen LogP contribution is -2.47. The van der Waals surface area contributed by atoms with E-state index in [0.29, 0.717) is 24.0 Å². The third-order valence-electron chi connectivity index (χ3n) is 3.91. The van der Waals surface area contributed by atoms with Gasteiger partial charge >= 0.3 is 5.97 Å². The molecule has 1 saturated carbocycles. The maximum absolute atomic E-state index is 12.4. The molecule has 1 aromatic rings. The molecule has 0 heterocycles. The summed E-state index contributed by atoms with van der Waals surface area (Å²) in [6.45, 7) is 3.37. The smallest absolute Gasteiger partial charge is 0.335 e. The van der Waals surface area contributed by atoms with Gasteiger partial charge in [-0.1, -0.05) is 0 Å². The van der Waals surface area contributed by atoms with Gasteiger partial charge in [-0.3, -0.25) is 0 Å². The van der Waals surface area contributed by atoms with Gasteiger partial charge in [0.2, 0.25) is 10.0 Å². The minimum atomic E-state index is -3.73. The molecule has 0 atom stereocenters. The minimum Gasteiger partial charge on any atom is -0.478 e. The number of methoxy groups -OCH3 is 1. The molecule has 2 N–H and O–H groups in total. The Morgan fingerprint density at radius 1 is 1.33 bits per heavy atom. The van der Waals surface area contributed by atoms with Crippen molar-refractivity contribution in [3.05, 3.63) is 28.8 Å². The summed E-state index contributed by atoms with van der Waals surface area (Å²) in [6.07, 6.45) is 1.35. The first-order valence-corrected chi connectivity index (χ1v) is 8.12. The molecule has 0 aliphatic heterocycles. The summed E-state index contributed by atoms with van der Waals surface area (Å²) >= 11 is 0. The van der Waals surface area contributed by atoms with Gasteiger partial charge in [0, 0.05) is 13.2 Å². The zero-order chi connectivity index (χ0) is 15.8. The second-order valence-electron chi connectivity index (χ2n) is 5.37. The fourth-order valence-electron chi connectivity index (χ4n) is 2.37. The minimum absolute atomic E-state index is 0.0261. The van der Waals surface area contributed by atoms with Crippen molar-refractivity contribution in [1.29, 1.82) is 0 Å². The Morgan fingerprint density at radius 2 is 1.95 bits per heavy atom. The van der Waals surface area contributed by atoms with Crippen LogP contribution >= 0.6 is 0 Å². The van der Waals surface area contributed by atoms with Crippen molar-refractivity contribution in [2.75, 3.05) is 7.11 Å². The second-order valence-corrected chi connectivity index (χ2v) is 7.05. The van der Waals surface area contributed by atoms with Gasteiger partial charge in [-0.05, 0) is 49.9 Å². The normalized spacial score (nSPS) is 21.9. The molecule has 21 heavy (non-hydrogen) atoms. The summed E-state index contributed by atoms with van der Waals surface area (Å²) in [5.41, 5.74) is 1.18. The quantitative estimate of drug-likeness (QED) is 0.858. The van der Waals surface area contributed by atoms with Crippen molar-refractivity contribution in [3.8, 4) is 0 Å². The van der Waals surface area contributed by atoms with Crippen LogP contribution in [-0.4, -0.2) is 38.7 Å². The van der Waals surface area contributed by atoms with Gasteiger partial charge in [0.1, 0.15) is 0 Å². The molecule has 1 fully saturated rings. The standard InChI is InChI=1S/C14H19NO5S/c1-8-4-10(14(16)17)5-13(9(8)2)21(18,19)15-11-6-12(7-11)20-3/h4-5,11-12,15H,6-7H2,1-3H3,(H,16,17). The molecule has 0 unspecified atom stereocenters. The summed E-state index contributed by atoms with van der Waals surface area (Å²) < 4.78 is 32.6. The molecule has 1 aliphatic rings. The molecule has 0 radical (unpaired) electrons. The Labute approximate surface area is 124 Å². The lowest BCUT2D eigenvalue weighted by atomic mass is 9.90. The van der Waals surface area contributed by atoms with E-state index < -0.39 is 16.0 Å². The van der Waals surface area contributed by atoms with Crippen LogP contribution in [0.2, 0.25) is 0 Å². The van der Waals surface area contributed by atoms with Crippen molar-refractivity contribution in [3.63, 3.8) is 0 Å². The van der Waals surface area contributed by atoms with Gasteiger partial charge in [-0.2, -0.15) is 0 Å². The van der Waals surface area contributed by atoms with Crippen LogP contribution in [-0.2, 0) is 14.8 Å². The van der Waals surface area contributed by atoms with Crippen LogP contribution in [0, 0.1) is 13.8 Å². The van der Waals surface area contributed by atoms with E-state index in [1.54, 1.807) is 21.0 Å². The van der Waals surface area contributed by atoms with Crippen molar-refractivity contribution in [2.45, 2.75) is 43.7 Å². The summed E-state index contributed by atoms with van der Waals surface area (Å²) in [5, 5.41) is 9.06. The molecule has 7 heteroatoms. The highest BCUT2D eigenvalue weighted by Crippen LogP contribution is 2.26. The maximum atomic E-state index is 12.4. The van der Waals surface area contributed by atoms with E-state index in [4.69, 9.17) is 9.84 Å². The number of benzene rings is 1. The van der Waals surface area contributed by atoms with E-state index in [2.05, 4.69) is 4.72 Å². The van der Waals surface area contributed by atoms with Crippen molar-refractivity contribution in [1.82, 2.24) is 4.72 Å². The van der Waals surface area contributed by atoms with Gasteiger partial charge < -0.3 is 9.84 Å². The Morgan fingerprint density at radius 3 is 2.48 bits per heavy atom. The molecule has 0 amide bonds. The molecule has 2 rings (SSSR count). The SMILES string of the molecule is COC1CC(NS(=O)(=O)c2cc(C(=O)O)cc(C)c2C)C1. The average Bonchev–Trinajstić information content (AvgIpc) is 2.35. The predicted octanol–water partition coefficient (Wildman–Crippen LogP) is 1.46. The monoisotopic (exact) mass is 313 g/mol. The highest BCUT2D eigenvalue weighted by molar-refractivity contribution is 7.89. The first-order chi connectivity index (χ1) is 9.74. The highest BCUT2D eigenvalue weighted by Gasteiger charge is 2.33. The summed E-state index contributed by atoms with van der Waals surface area (Å²) in [6, 6.07) is 2.52. The van der Waals surface area contributed by atoms with E-state index in [0.717, 1.165) is 0 Å². The summed E-state index contributed by atoms with van der Waals surface area (Å²) in [7, 11) is -2.13. The maximum Gasteiger partial charge on any atom is 0.335 e. The summed E-state index contributed by atoms with van der Waals surface area (Å²) in [5.74, 6) is -1.14. The number of carboxylic acids is 1. The number of carboxylic acid groups (broad SMARTS) is 1. The fraction of sp³-hybridized carbons (Fsp3) is 0.500. The van der Waals surface area contributed by atoms with Gasteiger partial charge in [0.05, 0.1) is 16.6 Å². The zero-order valence-electron chi connectivity index (χ0n) is 12.2. The van der Waals surface area contributed by atoms with Crippen molar-refractivity contribution < 1.29 is 23.1 Å². The number of sulfonamides is 1. The first kappa shape index (κ1) is 15.9. The molecular weight excluding hydrogens is 294 g/mol. The third-order valence-corrected chi connectivity index (χ3v) is 5.55. The van der Waals surface area contributed by atoms with Crippen molar-refractivity contribution in [2.24, 2.45) is 0 Å². The number of aryl methyl sites for hydroxylation is 1.